The number of ether oxygens (including phenoxy) is 1. The fraction of sp³-hybridized carbons (Fsp3) is 0.222. The normalized spacial score (nSPS) is 11.3. The Morgan fingerprint density at radius 1 is 1.23 bits per heavy atom. The maximum Gasteiger partial charge on any atom is 0.260 e. The van der Waals surface area contributed by atoms with Crippen LogP contribution in [0.4, 0.5) is 5.69 Å². The molecule has 0 saturated carbocycles. The Morgan fingerprint density at radius 2 is 1.96 bits per heavy atom. The second-order valence-electron chi connectivity index (χ2n) is 5.65. The van der Waals surface area contributed by atoms with Crippen molar-refractivity contribution in [2.45, 2.75) is 6.92 Å². The van der Waals surface area contributed by atoms with Gasteiger partial charge in [-0.1, -0.05) is 42.0 Å². The molecule has 0 aliphatic carbocycles. The number of sulfonamides is 1. The van der Waals surface area contributed by atoms with Gasteiger partial charge in [0.1, 0.15) is 12.3 Å². The molecule has 0 spiro atoms. The van der Waals surface area contributed by atoms with Crippen molar-refractivity contribution in [3.05, 3.63) is 59.7 Å². The summed E-state index contributed by atoms with van der Waals surface area (Å²) in [6, 6.07) is 14.2. The number of nitrogens with zero attached hydrogens (tertiary/aromatic N) is 2. The molecule has 0 atom stereocenters. The van der Waals surface area contributed by atoms with Gasteiger partial charge in [-0.25, -0.2) is 13.8 Å². The van der Waals surface area contributed by atoms with Crippen molar-refractivity contribution in [1.29, 1.82) is 0 Å². The molecule has 0 fully saturated rings. The van der Waals surface area contributed by atoms with E-state index in [1.165, 1.54) is 13.3 Å². The number of nitrogens with one attached hydrogen (secondary N) is 1. The highest BCUT2D eigenvalue weighted by Gasteiger charge is 2.23. The molecule has 0 heterocycles. The number of methoxy groups -OCH3 is 1. The Hall–Kier alpha value is -2.87. The fourth-order valence-electron chi connectivity index (χ4n) is 2.31. The van der Waals surface area contributed by atoms with E-state index in [1.807, 2.05) is 31.2 Å². The molecule has 0 bridgehead atoms. The van der Waals surface area contributed by atoms with Gasteiger partial charge in [-0.3, -0.25) is 9.10 Å². The summed E-state index contributed by atoms with van der Waals surface area (Å²) in [6.07, 6.45) is 2.53. The third-order valence-electron chi connectivity index (χ3n) is 3.49. The summed E-state index contributed by atoms with van der Waals surface area (Å²) < 4.78 is 30.4. The summed E-state index contributed by atoms with van der Waals surface area (Å²) in [5, 5.41) is 3.88. The number of carbonyl (C=O) groups is 1. The first-order valence-electron chi connectivity index (χ1n) is 7.80. The van der Waals surface area contributed by atoms with Crippen molar-refractivity contribution in [2.24, 2.45) is 5.10 Å². The average molecular weight is 375 g/mol. The number of benzene rings is 2. The zero-order valence-electron chi connectivity index (χ0n) is 14.8. The quantitative estimate of drug-likeness (QED) is 0.592. The first-order valence-corrected chi connectivity index (χ1v) is 9.65. The molecular weight excluding hydrogens is 354 g/mol. The van der Waals surface area contributed by atoms with Crippen LogP contribution >= 0.6 is 0 Å². The summed E-state index contributed by atoms with van der Waals surface area (Å²) >= 11 is 0. The number of carbonyl (C=O) groups excluding carboxylic acids is 1. The van der Waals surface area contributed by atoms with E-state index in [0.29, 0.717) is 5.75 Å². The highest BCUT2D eigenvalue weighted by molar-refractivity contribution is 7.92. The molecule has 138 valence electrons. The molecule has 0 radical (unpaired) electrons. The van der Waals surface area contributed by atoms with Crippen molar-refractivity contribution in [1.82, 2.24) is 5.43 Å². The number of hydrogen-bond donors (Lipinski definition) is 1. The number of hydrogen-bond acceptors (Lipinski definition) is 5. The van der Waals surface area contributed by atoms with Crippen LogP contribution in [-0.4, -0.2) is 40.4 Å². The van der Waals surface area contributed by atoms with Gasteiger partial charge in [0.2, 0.25) is 10.0 Å². The van der Waals surface area contributed by atoms with E-state index >= 15 is 0 Å². The van der Waals surface area contributed by atoms with Crippen molar-refractivity contribution in [2.75, 3.05) is 24.2 Å². The van der Waals surface area contributed by atoms with E-state index in [1.54, 1.807) is 24.3 Å². The molecule has 0 aromatic heterocycles. The maximum absolute atomic E-state index is 12.2. The zero-order chi connectivity index (χ0) is 19.2. The van der Waals surface area contributed by atoms with Crippen LogP contribution in [0.15, 0.2) is 53.6 Å². The lowest BCUT2D eigenvalue weighted by Crippen LogP contribution is -2.39. The molecule has 0 saturated heterocycles. The zero-order valence-corrected chi connectivity index (χ0v) is 15.7. The Morgan fingerprint density at radius 3 is 2.62 bits per heavy atom. The molecule has 7 nitrogen and oxygen atoms in total. The maximum atomic E-state index is 12.2. The minimum absolute atomic E-state index is 0.287. The predicted molar refractivity (Wildman–Crippen MR) is 102 cm³/mol. The Labute approximate surface area is 153 Å². The lowest BCUT2D eigenvalue weighted by Gasteiger charge is -2.23. The van der Waals surface area contributed by atoms with Crippen LogP contribution in [0.5, 0.6) is 5.75 Å². The van der Waals surface area contributed by atoms with Crippen LogP contribution in [0.2, 0.25) is 0 Å². The lowest BCUT2D eigenvalue weighted by molar-refractivity contribution is -0.119. The number of para-hydroxylation sites is 2. The second-order valence-corrected chi connectivity index (χ2v) is 7.56. The van der Waals surface area contributed by atoms with Gasteiger partial charge in [-0.05, 0) is 24.6 Å². The van der Waals surface area contributed by atoms with Crippen LogP contribution in [-0.2, 0) is 14.8 Å². The third-order valence-corrected chi connectivity index (χ3v) is 4.61. The SMILES string of the molecule is COc1ccccc1N(CC(=O)N/N=C\c1cccc(C)c1)S(C)(=O)=O. The largest absolute Gasteiger partial charge is 0.495 e. The molecule has 1 N–H and O–H groups in total. The standard InChI is InChI=1S/C18H21N3O4S/c1-14-7-6-8-15(11-14)12-19-20-18(22)13-21(26(3,23)24)16-9-4-5-10-17(16)25-2/h4-12H,13H2,1-3H3,(H,20,22)/b19-12-. The molecule has 1 amide bonds. The van der Waals surface area contributed by atoms with Crippen molar-refractivity contribution in [3.63, 3.8) is 0 Å². The van der Waals surface area contributed by atoms with Crippen LogP contribution in [0.25, 0.3) is 0 Å². The van der Waals surface area contributed by atoms with Gasteiger partial charge in [-0.2, -0.15) is 5.10 Å². The van der Waals surface area contributed by atoms with E-state index in [0.717, 1.165) is 21.7 Å². The summed E-state index contributed by atoms with van der Waals surface area (Å²) in [5.74, 6) is -0.209. The van der Waals surface area contributed by atoms with Crippen LogP contribution in [0.1, 0.15) is 11.1 Å². The fourth-order valence-corrected chi connectivity index (χ4v) is 3.17. The Balaban J connectivity index is 2.12. The van der Waals surface area contributed by atoms with Crippen LogP contribution in [0, 0.1) is 6.92 Å². The molecule has 2 aromatic rings. The summed E-state index contributed by atoms with van der Waals surface area (Å²) in [5.41, 5.74) is 4.53. The summed E-state index contributed by atoms with van der Waals surface area (Å²) in [4.78, 5) is 12.2. The minimum atomic E-state index is -3.69. The van der Waals surface area contributed by atoms with Gasteiger partial charge in [0.15, 0.2) is 0 Å². The molecule has 0 unspecified atom stereocenters. The molecule has 26 heavy (non-hydrogen) atoms. The van der Waals surface area contributed by atoms with E-state index in [2.05, 4.69) is 10.5 Å². The van der Waals surface area contributed by atoms with Crippen LogP contribution in [0.3, 0.4) is 0 Å². The number of rotatable bonds is 7. The molecule has 0 aliphatic heterocycles. The van der Waals surface area contributed by atoms with Crippen LogP contribution < -0.4 is 14.5 Å². The first-order chi connectivity index (χ1) is 12.3. The molecule has 2 rings (SSSR count). The van der Waals surface area contributed by atoms with E-state index in [-0.39, 0.29) is 5.69 Å². The highest BCUT2D eigenvalue weighted by atomic mass is 32.2. The van der Waals surface area contributed by atoms with E-state index in [9.17, 15) is 13.2 Å². The number of hydrazone groups is 1. The highest BCUT2D eigenvalue weighted by Crippen LogP contribution is 2.29. The van der Waals surface area contributed by atoms with Crippen molar-refractivity contribution >= 4 is 27.8 Å². The minimum Gasteiger partial charge on any atom is -0.495 e. The van der Waals surface area contributed by atoms with Gasteiger partial charge >= 0.3 is 0 Å². The average Bonchev–Trinajstić information content (AvgIpc) is 2.59. The van der Waals surface area contributed by atoms with Crippen molar-refractivity contribution < 1.29 is 17.9 Å². The van der Waals surface area contributed by atoms with E-state index in [4.69, 9.17) is 4.74 Å². The summed E-state index contributed by atoms with van der Waals surface area (Å²) in [6.45, 7) is 1.54. The predicted octanol–water partition coefficient (Wildman–Crippen LogP) is 1.92. The molecule has 0 aliphatic rings. The third kappa shape index (κ3) is 5.32. The number of amides is 1. The van der Waals surface area contributed by atoms with Gasteiger partial charge < -0.3 is 4.74 Å². The topological polar surface area (TPSA) is 88.1 Å². The van der Waals surface area contributed by atoms with Gasteiger partial charge in [0.25, 0.3) is 5.91 Å². The number of aryl methyl sites for hydroxylation is 1. The Bertz CT molecular complexity index is 910. The van der Waals surface area contributed by atoms with Gasteiger partial charge in [-0.15, -0.1) is 0 Å². The van der Waals surface area contributed by atoms with Gasteiger partial charge in [0, 0.05) is 0 Å². The second kappa shape index (κ2) is 8.48. The smallest absolute Gasteiger partial charge is 0.260 e. The monoisotopic (exact) mass is 375 g/mol. The van der Waals surface area contributed by atoms with Gasteiger partial charge in [0.05, 0.1) is 25.3 Å². The number of anilines is 1. The molecule has 2 aromatic carbocycles. The first kappa shape index (κ1) is 19.5. The summed E-state index contributed by atoms with van der Waals surface area (Å²) in [7, 11) is -2.25. The Kier molecular flexibility index (Phi) is 6.35. The lowest BCUT2D eigenvalue weighted by atomic mass is 10.2. The molecular formula is C18H21N3O4S. The molecule has 8 heteroatoms. The van der Waals surface area contributed by atoms with E-state index < -0.39 is 22.5 Å². The van der Waals surface area contributed by atoms with Crippen molar-refractivity contribution in [3.8, 4) is 5.75 Å².